The Labute approximate surface area is 119 Å². The second-order valence-corrected chi connectivity index (χ2v) is 5.51. The summed E-state index contributed by atoms with van der Waals surface area (Å²) in [6.07, 6.45) is 5.27. The summed E-state index contributed by atoms with van der Waals surface area (Å²) in [4.78, 5) is 16.7. The maximum absolute atomic E-state index is 10.5. The molecule has 1 N–H and O–H groups in total. The highest BCUT2D eigenvalue weighted by atomic mass is 16.6. The molecule has 1 aliphatic rings. The van der Waals surface area contributed by atoms with Crippen LogP contribution in [-0.2, 0) is 0 Å². The van der Waals surface area contributed by atoms with Crippen molar-refractivity contribution in [3.63, 3.8) is 0 Å². The van der Waals surface area contributed by atoms with Crippen LogP contribution in [0.5, 0.6) is 0 Å². The lowest BCUT2D eigenvalue weighted by molar-refractivity contribution is -0.385. The summed E-state index contributed by atoms with van der Waals surface area (Å²) in [5.41, 5.74) is 0.0249. The molecule has 0 radical (unpaired) electrons. The van der Waals surface area contributed by atoms with Crippen LogP contribution >= 0.6 is 0 Å². The third-order valence-electron chi connectivity index (χ3n) is 3.61. The van der Waals surface area contributed by atoms with Gasteiger partial charge in [0.25, 0.3) is 5.69 Å². The first-order chi connectivity index (χ1) is 9.65. The lowest BCUT2D eigenvalue weighted by atomic mass is 10.1. The summed E-state index contributed by atoms with van der Waals surface area (Å²) in [7, 11) is 0. The number of anilines is 1. The molecule has 0 aromatic carbocycles. The van der Waals surface area contributed by atoms with Crippen molar-refractivity contribution in [2.45, 2.75) is 26.2 Å². The maximum atomic E-state index is 10.5. The summed E-state index contributed by atoms with van der Waals surface area (Å²) >= 11 is 0. The van der Waals surface area contributed by atoms with Gasteiger partial charge in [0.15, 0.2) is 0 Å². The van der Waals surface area contributed by atoms with Gasteiger partial charge in [0.2, 0.25) is 0 Å². The molecule has 1 aliphatic heterocycles. The van der Waals surface area contributed by atoms with Crippen LogP contribution in [0, 0.1) is 16.0 Å². The van der Waals surface area contributed by atoms with Crippen molar-refractivity contribution in [3.05, 3.63) is 28.4 Å². The van der Waals surface area contributed by atoms with Crippen LogP contribution < -0.4 is 5.32 Å². The van der Waals surface area contributed by atoms with Crippen LogP contribution in [0.3, 0.4) is 0 Å². The number of hydrogen-bond donors (Lipinski definition) is 1. The number of rotatable bonds is 6. The largest absolute Gasteiger partial charge is 0.370 e. The molecule has 6 nitrogen and oxygen atoms in total. The number of pyridine rings is 1. The van der Waals surface area contributed by atoms with Gasteiger partial charge in [-0.05, 0) is 37.9 Å². The first-order valence-corrected chi connectivity index (χ1v) is 7.22. The zero-order valence-electron chi connectivity index (χ0n) is 11.9. The fourth-order valence-corrected chi connectivity index (χ4v) is 2.52. The van der Waals surface area contributed by atoms with Gasteiger partial charge in [-0.25, -0.2) is 4.98 Å². The molecule has 6 heteroatoms. The summed E-state index contributed by atoms with van der Waals surface area (Å²) in [6, 6.07) is 3.14. The van der Waals surface area contributed by atoms with Gasteiger partial charge in [0.05, 0.1) is 4.92 Å². The predicted octanol–water partition coefficient (Wildman–Crippen LogP) is 2.52. The molecule has 0 bridgehead atoms. The predicted molar refractivity (Wildman–Crippen MR) is 78.8 cm³/mol. The topological polar surface area (TPSA) is 71.3 Å². The Kier molecular flexibility index (Phi) is 5.29. The molecule has 110 valence electrons. The van der Waals surface area contributed by atoms with Gasteiger partial charge >= 0.3 is 0 Å². The second kappa shape index (κ2) is 7.19. The van der Waals surface area contributed by atoms with Crippen LogP contribution in [0.15, 0.2) is 18.3 Å². The number of likely N-dealkylation sites (tertiary alicyclic amines) is 1. The Balaban J connectivity index is 1.74. The smallest absolute Gasteiger partial charge is 0.287 e. The van der Waals surface area contributed by atoms with Crippen molar-refractivity contribution in [2.24, 2.45) is 5.92 Å². The van der Waals surface area contributed by atoms with Crippen molar-refractivity contribution in [2.75, 3.05) is 31.5 Å². The molecular formula is C14H22N4O2. The number of nitro groups is 1. The third-order valence-corrected chi connectivity index (χ3v) is 3.61. The van der Waals surface area contributed by atoms with Gasteiger partial charge in [-0.1, -0.05) is 13.3 Å². The van der Waals surface area contributed by atoms with Crippen molar-refractivity contribution < 1.29 is 4.92 Å². The quantitative estimate of drug-likeness (QED) is 0.639. The zero-order valence-corrected chi connectivity index (χ0v) is 11.9. The van der Waals surface area contributed by atoms with E-state index >= 15 is 0 Å². The van der Waals surface area contributed by atoms with Gasteiger partial charge in [-0.2, -0.15) is 0 Å². The first-order valence-electron chi connectivity index (χ1n) is 7.22. The van der Waals surface area contributed by atoms with E-state index in [0.717, 1.165) is 13.1 Å². The highest BCUT2D eigenvalue weighted by Gasteiger charge is 2.13. The summed E-state index contributed by atoms with van der Waals surface area (Å²) < 4.78 is 0. The number of aromatic nitrogens is 1. The van der Waals surface area contributed by atoms with Crippen LogP contribution in [0.4, 0.5) is 11.5 Å². The van der Waals surface area contributed by atoms with E-state index in [1.807, 2.05) is 0 Å². The van der Waals surface area contributed by atoms with E-state index in [1.54, 1.807) is 6.07 Å². The molecule has 0 saturated carbocycles. The SMILES string of the molecule is CC(CNc1ccc([N+](=O)[O-])cn1)CN1CCCCC1. The molecule has 1 aromatic heterocycles. The summed E-state index contributed by atoms with van der Waals surface area (Å²) in [5, 5.41) is 13.8. The average molecular weight is 278 g/mol. The van der Waals surface area contributed by atoms with Crippen molar-refractivity contribution in [1.82, 2.24) is 9.88 Å². The number of nitrogens with zero attached hydrogens (tertiary/aromatic N) is 3. The minimum absolute atomic E-state index is 0.0249. The molecule has 0 aliphatic carbocycles. The molecule has 1 unspecified atom stereocenters. The van der Waals surface area contributed by atoms with Crippen LogP contribution in [0.1, 0.15) is 26.2 Å². The number of nitrogens with one attached hydrogen (secondary N) is 1. The van der Waals surface area contributed by atoms with E-state index < -0.39 is 4.92 Å². The van der Waals surface area contributed by atoms with Crippen LogP contribution in [-0.4, -0.2) is 41.0 Å². The number of piperidine rings is 1. The van der Waals surface area contributed by atoms with Crippen LogP contribution in [0.2, 0.25) is 0 Å². The summed E-state index contributed by atoms with van der Waals surface area (Å²) in [6.45, 7) is 6.56. The minimum Gasteiger partial charge on any atom is -0.370 e. The van der Waals surface area contributed by atoms with Gasteiger partial charge in [0.1, 0.15) is 12.0 Å². The van der Waals surface area contributed by atoms with Gasteiger partial charge in [-0.15, -0.1) is 0 Å². The van der Waals surface area contributed by atoms with Crippen LogP contribution in [0.25, 0.3) is 0 Å². The van der Waals surface area contributed by atoms with Gasteiger partial charge in [-0.3, -0.25) is 10.1 Å². The molecule has 1 saturated heterocycles. The lowest BCUT2D eigenvalue weighted by Crippen LogP contribution is -2.35. The van der Waals surface area contributed by atoms with E-state index in [9.17, 15) is 10.1 Å². The van der Waals surface area contributed by atoms with E-state index in [2.05, 4.69) is 22.1 Å². The minimum atomic E-state index is -0.435. The van der Waals surface area contributed by atoms with E-state index in [1.165, 1.54) is 44.6 Å². The Morgan fingerprint density at radius 2 is 2.15 bits per heavy atom. The Hall–Kier alpha value is -1.69. The maximum Gasteiger partial charge on any atom is 0.287 e. The summed E-state index contributed by atoms with van der Waals surface area (Å²) in [5.74, 6) is 1.23. The normalized spacial score (nSPS) is 17.6. The van der Waals surface area contributed by atoms with Crippen molar-refractivity contribution in [3.8, 4) is 0 Å². The Bertz CT molecular complexity index is 429. The fraction of sp³-hybridized carbons (Fsp3) is 0.643. The van der Waals surface area contributed by atoms with Gasteiger partial charge in [0, 0.05) is 19.2 Å². The fourth-order valence-electron chi connectivity index (χ4n) is 2.52. The second-order valence-electron chi connectivity index (χ2n) is 5.51. The van der Waals surface area contributed by atoms with Crippen molar-refractivity contribution in [1.29, 1.82) is 0 Å². The molecule has 0 spiro atoms. The Morgan fingerprint density at radius 3 is 2.75 bits per heavy atom. The molecular weight excluding hydrogens is 256 g/mol. The highest BCUT2D eigenvalue weighted by Crippen LogP contribution is 2.13. The molecule has 2 rings (SSSR count). The standard InChI is InChI=1S/C14H22N4O2/c1-12(11-17-7-3-2-4-8-17)9-15-14-6-5-13(10-16-14)18(19)20/h5-6,10,12H,2-4,7-9,11H2,1H3,(H,15,16). The average Bonchev–Trinajstić information content (AvgIpc) is 2.46. The third kappa shape index (κ3) is 4.45. The van der Waals surface area contributed by atoms with E-state index in [0.29, 0.717) is 11.7 Å². The Morgan fingerprint density at radius 1 is 1.40 bits per heavy atom. The van der Waals surface area contributed by atoms with E-state index in [4.69, 9.17) is 0 Å². The monoisotopic (exact) mass is 278 g/mol. The van der Waals surface area contributed by atoms with Gasteiger partial charge < -0.3 is 10.2 Å². The molecule has 1 atom stereocenters. The van der Waals surface area contributed by atoms with E-state index in [-0.39, 0.29) is 5.69 Å². The molecule has 2 heterocycles. The first kappa shape index (κ1) is 14.7. The molecule has 20 heavy (non-hydrogen) atoms. The number of hydrogen-bond acceptors (Lipinski definition) is 5. The van der Waals surface area contributed by atoms with Crippen molar-refractivity contribution >= 4 is 11.5 Å². The molecule has 1 fully saturated rings. The molecule has 1 aromatic rings. The lowest BCUT2D eigenvalue weighted by Gasteiger charge is -2.29. The molecule has 0 amide bonds. The highest BCUT2D eigenvalue weighted by molar-refractivity contribution is 5.40. The zero-order chi connectivity index (χ0) is 14.4.